The van der Waals surface area contributed by atoms with Crippen LogP contribution in [0.4, 0.5) is 0 Å². The van der Waals surface area contributed by atoms with Crippen LogP contribution in [0.15, 0.2) is 0 Å². The Morgan fingerprint density at radius 2 is 1.85 bits per heavy atom. The maximum absolute atomic E-state index is 11.0. The van der Waals surface area contributed by atoms with Crippen molar-refractivity contribution >= 4 is 10.1 Å². The molecule has 1 saturated carbocycles. The van der Waals surface area contributed by atoms with Gasteiger partial charge in [0.25, 0.3) is 10.1 Å². The molecule has 0 bridgehead atoms. The Bertz CT molecular complexity index is 400. The van der Waals surface area contributed by atoms with E-state index >= 15 is 0 Å². The van der Waals surface area contributed by atoms with Crippen molar-refractivity contribution in [1.82, 2.24) is 0 Å². The summed E-state index contributed by atoms with van der Waals surface area (Å²) in [5.74, 6) is 2.59. The third kappa shape index (κ3) is 4.73. The van der Waals surface area contributed by atoms with E-state index in [1.54, 1.807) is 0 Å². The Hall–Kier alpha value is -0.0900. The molecular formula is C16H32O3S. The maximum atomic E-state index is 11.0. The molecule has 0 radical (unpaired) electrons. The van der Waals surface area contributed by atoms with Crippen LogP contribution in [0.2, 0.25) is 0 Å². The molecule has 20 heavy (non-hydrogen) atoms. The van der Waals surface area contributed by atoms with Crippen LogP contribution in [0.3, 0.4) is 0 Å². The topological polar surface area (TPSA) is 43.4 Å². The zero-order valence-electron chi connectivity index (χ0n) is 14.0. The molecule has 1 aliphatic carbocycles. The number of hydrogen-bond donors (Lipinski definition) is 0. The van der Waals surface area contributed by atoms with Gasteiger partial charge in [-0.3, -0.25) is 4.18 Å². The van der Waals surface area contributed by atoms with Crippen molar-refractivity contribution in [3.05, 3.63) is 0 Å². The Balaban J connectivity index is 2.57. The van der Waals surface area contributed by atoms with Gasteiger partial charge in [0.2, 0.25) is 0 Å². The summed E-state index contributed by atoms with van der Waals surface area (Å²) in [5, 5.41) is 0. The lowest BCUT2D eigenvalue weighted by Crippen LogP contribution is -2.40. The van der Waals surface area contributed by atoms with Gasteiger partial charge in [0, 0.05) is 0 Å². The molecule has 1 rings (SSSR count). The Morgan fingerprint density at radius 1 is 1.25 bits per heavy atom. The molecule has 3 nitrogen and oxygen atoms in total. The minimum absolute atomic E-state index is 0.313. The van der Waals surface area contributed by atoms with E-state index in [4.69, 9.17) is 4.18 Å². The van der Waals surface area contributed by atoms with Crippen molar-refractivity contribution in [3.8, 4) is 0 Å². The Kier molecular flexibility index (Phi) is 6.09. The summed E-state index contributed by atoms with van der Waals surface area (Å²) in [6, 6.07) is 0. The summed E-state index contributed by atoms with van der Waals surface area (Å²) < 4.78 is 26.9. The van der Waals surface area contributed by atoms with E-state index in [-0.39, 0.29) is 0 Å². The smallest absolute Gasteiger partial charge is 0.264 e. The third-order valence-corrected chi connectivity index (χ3v) is 6.38. The highest BCUT2D eigenvalue weighted by molar-refractivity contribution is 7.85. The van der Waals surface area contributed by atoms with Gasteiger partial charge < -0.3 is 0 Å². The molecule has 0 saturated heterocycles. The van der Waals surface area contributed by atoms with Crippen LogP contribution in [-0.2, 0) is 14.3 Å². The minimum Gasteiger partial charge on any atom is -0.270 e. The SMILES string of the molecule is CC(CCOS(C)(=O)=O)C(C)C1CCCC(C)C1(C)C. The van der Waals surface area contributed by atoms with Crippen molar-refractivity contribution in [1.29, 1.82) is 0 Å². The predicted molar refractivity (Wildman–Crippen MR) is 84.0 cm³/mol. The molecule has 4 atom stereocenters. The second-order valence-electron chi connectivity index (χ2n) is 7.41. The minimum atomic E-state index is -3.30. The van der Waals surface area contributed by atoms with E-state index in [0.29, 0.717) is 23.9 Å². The molecule has 0 aromatic carbocycles. The molecule has 4 heteroatoms. The number of rotatable bonds is 6. The van der Waals surface area contributed by atoms with Crippen molar-refractivity contribution in [2.45, 2.75) is 60.3 Å². The van der Waals surface area contributed by atoms with Crippen LogP contribution in [-0.4, -0.2) is 21.3 Å². The lowest BCUT2D eigenvalue weighted by molar-refractivity contribution is 0.0136. The highest BCUT2D eigenvalue weighted by atomic mass is 32.2. The van der Waals surface area contributed by atoms with Gasteiger partial charge in [-0.2, -0.15) is 8.42 Å². The van der Waals surface area contributed by atoms with Crippen molar-refractivity contribution in [3.63, 3.8) is 0 Å². The largest absolute Gasteiger partial charge is 0.270 e. The van der Waals surface area contributed by atoms with Crippen LogP contribution in [0, 0.1) is 29.1 Å². The van der Waals surface area contributed by atoms with E-state index < -0.39 is 10.1 Å². The van der Waals surface area contributed by atoms with Crippen LogP contribution in [0.1, 0.15) is 60.3 Å². The lowest BCUT2D eigenvalue weighted by atomic mass is 9.57. The van der Waals surface area contributed by atoms with Gasteiger partial charge >= 0.3 is 0 Å². The fraction of sp³-hybridized carbons (Fsp3) is 1.00. The average Bonchev–Trinajstić information content (AvgIpc) is 2.30. The summed E-state index contributed by atoms with van der Waals surface area (Å²) in [4.78, 5) is 0. The normalized spacial score (nSPS) is 29.9. The van der Waals surface area contributed by atoms with Gasteiger partial charge in [-0.25, -0.2) is 0 Å². The fourth-order valence-corrected chi connectivity index (χ4v) is 4.14. The van der Waals surface area contributed by atoms with Crippen molar-refractivity contribution in [2.75, 3.05) is 12.9 Å². The van der Waals surface area contributed by atoms with E-state index in [1.165, 1.54) is 19.3 Å². The maximum Gasteiger partial charge on any atom is 0.264 e. The van der Waals surface area contributed by atoms with Crippen molar-refractivity contribution in [2.24, 2.45) is 29.1 Å². The molecule has 0 N–H and O–H groups in total. The number of hydrogen-bond acceptors (Lipinski definition) is 3. The van der Waals surface area contributed by atoms with Gasteiger partial charge in [-0.05, 0) is 41.9 Å². The van der Waals surface area contributed by atoms with E-state index in [0.717, 1.165) is 24.5 Å². The summed E-state index contributed by atoms with van der Waals surface area (Å²) >= 11 is 0. The first-order valence-corrected chi connectivity index (χ1v) is 9.71. The summed E-state index contributed by atoms with van der Waals surface area (Å²) in [7, 11) is -3.30. The summed E-state index contributed by atoms with van der Waals surface area (Å²) in [5.41, 5.74) is 0.379. The molecule has 0 amide bonds. The zero-order valence-corrected chi connectivity index (χ0v) is 14.8. The molecule has 0 spiro atoms. The first-order valence-electron chi connectivity index (χ1n) is 7.90. The standard InChI is InChI=1S/C16H32O3S/c1-12(10-11-19-20(6,17)18)14(3)15-9-7-8-13(2)16(15,4)5/h12-15H,7-11H2,1-6H3. The first-order chi connectivity index (χ1) is 9.05. The lowest BCUT2D eigenvalue weighted by Gasteiger charge is -2.48. The van der Waals surface area contributed by atoms with E-state index in [1.807, 2.05) is 0 Å². The van der Waals surface area contributed by atoms with E-state index in [2.05, 4.69) is 34.6 Å². The van der Waals surface area contributed by atoms with Crippen molar-refractivity contribution < 1.29 is 12.6 Å². The molecule has 4 unspecified atom stereocenters. The Morgan fingerprint density at radius 3 is 2.40 bits per heavy atom. The summed E-state index contributed by atoms with van der Waals surface area (Å²) in [6.07, 6.45) is 5.89. The van der Waals surface area contributed by atoms with Gasteiger partial charge in [-0.15, -0.1) is 0 Å². The third-order valence-electron chi connectivity index (χ3n) is 5.78. The zero-order chi connectivity index (χ0) is 15.6. The van der Waals surface area contributed by atoms with Crippen LogP contribution in [0.5, 0.6) is 0 Å². The highest BCUT2D eigenvalue weighted by Gasteiger charge is 2.41. The molecule has 1 aliphatic rings. The van der Waals surface area contributed by atoms with E-state index in [9.17, 15) is 8.42 Å². The highest BCUT2D eigenvalue weighted by Crippen LogP contribution is 2.49. The summed E-state index contributed by atoms with van der Waals surface area (Å²) in [6.45, 7) is 12.0. The van der Waals surface area contributed by atoms with Crippen LogP contribution < -0.4 is 0 Å². The van der Waals surface area contributed by atoms with Crippen LogP contribution in [0.25, 0.3) is 0 Å². The fourth-order valence-electron chi connectivity index (χ4n) is 3.74. The molecule has 0 heterocycles. The molecular weight excluding hydrogens is 272 g/mol. The monoisotopic (exact) mass is 304 g/mol. The second kappa shape index (κ2) is 6.78. The van der Waals surface area contributed by atoms with Gasteiger partial charge in [0.15, 0.2) is 0 Å². The van der Waals surface area contributed by atoms with Gasteiger partial charge in [-0.1, -0.05) is 47.5 Å². The molecule has 120 valence electrons. The quantitative estimate of drug-likeness (QED) is 0.694. The first kappa shape index (κ1) is 18.0. The molecule has 0 aromatic heterocycles. The molecule has 0 aliphatic heterocycles. The Labute approximate surface area is 125 Å². The van der Waals surface area contributed by atoms with Crippen LogP contribution >= 0.6 is 0 Å². The molecule has 1 fully saturated rings. The average molecular weight is 304 g/mol. The predicted octanol–water partition coefficient (Wildman–Crippen LogP) is 4.09. The molecule has 0 aromatic rings. The second-order valence-corrected chi connectivity index (χ2v) is 9.05. The van der Waals surface area contributed by atoms with Gasteiger partial charge in [0.05, 0.1) is 12.9 Å². The van der Waals surface area contributed by atoms with Gasteiger partial charge in [0.1, 0.15) is 0 Å².